The maximum atomic E-state index is 13.9. The van der Waals surface area contributed by atoms with Gasteiger partial charge in [0.2, 0.25) is 11.8 Å². The van der Waals surface area contributed by atoms with Crippen molar-refractivity contribution in [3.05, 3.63) is 81.1 Å². The maximum absolute atomic E-state index is 13.9. The summed E-state index contributed by atoms with van der Waals surface area (Å²) in [7, 11) is 0. The van der Waals surface area contributed by atoms with Crippen molar-refractivity contribution in [1.29, 1.82) is 0 Å². The first-order chi connectivity index (χ1) is 22.3. The molecule has 2 aliphatic heterocycles. The first-order valence-corrected chi connectivity index (χ1v) is 17.2. The van der Waals surface area contributed by atoms with E-state index in [0.29, 0.717) is 50.7 Å². The zero-order valence-electron chi connectivity index (χ0n) is 25.8. The molecule has 4 amide bonds. The largest absolute Gasteiger partial charge is 0.354 e. The van der Waals surface area contributed by atoms with E-state index in [1.807, 2.05) is 29.1 Å². The van der Waals surface area contributed by atoms with E-state index in [4.69, 9.17) is 22.3 Å². The van der Waals surface area contributed by atoms with Crippen molar-refractivity contribution in [1.82, 2.24) is 34.6 Å². The van der Waals surface area contributed by atoms with Gasteiger partial charge in [-0.05, 0) is 88.8 Å². The lowest BCUT2D eigenvalue weighted by molar-refractivity contribution is -0.145. The standard InChI is InChI=1S/C33H40BrClN8O3/c34-25-17-24-3-2-23-18-26(35)4-5-27(23)31(30(24)39-19-25)42-14-15-43(29(44)16-22-6-11-41(12-7-22)33(36)46)28(20-42)32(45)38-8-1-10-40-13-9-37-21-40/h4-5,9,13,17-19,21-22,28,31H,1-3,6-8,10-12,14-16,20H2,(H2,36,46)(H,38,45)/t28?,31-/m1/s1. The fourth-order valence-corrected chi connectivity index (χ4v) is 7.65. The van der Waals surface area contributed by atoms with E-state index in [-0.39, 0.29) is 23.8 Å². The minimum absolute atomic E-state index is 0.0220. The van der Waals surface area contributed by atoms with E-state index in [1.54, 1.807) is 22.3 Å². The predicted octanol–water partition coefficient (Wildman–Crippen LogP) is 3.78. The van der Waals surface area contributed by atoms with Gasteiger partial charge in [0.05, 0.1) is 18.1 Å². The Morgan fingerprint density at radius 1 is 1.07 bits per heavy atom. The van der Waals surface area contributed by atoms with Crippen LogP contribution in [0.5, 0.6) is 0 Å². The minimum Gasteiger partial charge on any atom is -0.354 e. The Bertz CT molecular complexity index is 1510. The molecule has 2 atom stereocenters. The van der Waals surface area contributed by atoms with Crippen LogP contribution in [-0.2, 0) is 29.0 Å². The summed E-state index contributed by atoms with van der Waals surface area (Å²) in [5, 5.41) is 3.82. The molecule has 0 saturated carbocycles. The van der Waals surface area contributed by atoms with Crippen molar-refractivity contribution in [3.8, 4) is 0 Å². The molecule has 46 heavy (non-hydrogen) atoms. The first-order valence-electron chi connectivity index (χ1n) is 16.0. The van der Waals surface area contributed by atoms with Crippen LogP contribution >= 0.6 is 27.5 Å². The van der Waals surface area contributed by atoms with Crippen LogP contribution in [0.15, 0.2) is 53.7 Å². The van der Waals surface area contributed by atoms with E-state index in [0.717, 1.165) is 59.9 Å². The number of imidazole rings is 1. The third-order valence-corrected chi connectivity index (χ3v) is 10.2. The number of halogens is 2. The van der Waals surface area contributed by atoms with Crippen molar-refractivity contribution in [3.63, 3.8) is 0 Å². The fraction of sp³-hybridized carbons (Fsp3) is 0.485. The predicted molar refractivity (Wildman–Crippen MR) is 178 cm³/mol. The average molecular weight is 712 g/mol. The molecule has 0 spiro atoms. The molecule has 2 fully saturated rings. The van der Waals surface area contributed by atoms with Gasteiger partial charge in [0.1, 0.15) is 6.04 Å². The number of likely N-dealkylation sites (tertiary alicyclic amines) is 1. The number of nitrogens with one attached hydrogen (secondary N) is 1. The molecule has 6 rings (SSSR count). The van der Waals surface area contributed by atoms with Gasteiger partial charge in [0.15, 0.2) is 0 Å². The number of fused-ring (bicyclic) bond motifs is 2. The second kappa shape index (κ2) is 14.5. The molecule has 244 valence electrons. The molecule has 11 nitrogen and oxygen atoms in total. The number of rotatable bonds is 8. The summed E-state index contributed by atoms with van der Waals surface area (Å²) in [6, 6.07) is 6.93. The number of carbonyl (C=O) groups is 3. The van der Waals surface area contributed by atoms with Crippen LogP contribution in [-0.4, -0.2) is 92.4 Å². The Labute approximate surface area is 282 Å². The highest BCUT2D eigenvalue weighted by atomic mass is 79.9. The van der Waals surface area contributed by atoms with Crippen LogP contribution in [0.3, 0.4) is 0 Å². The van der Waals surface area contributed by atoms with Crippen LogP contribution in [0.1, 0.15) is 54.1 Å². The van der Waals surface area contributed by atoms with Gasteiger partial charge in [-0.2, -0.15) is 0 Å². The first kappa shape index (κ1) is 32.5. The Morgan fingerprint density at radius 2 is 1.87 bits per heavy atom. The SMILES string of the molecule is NC(=O)N1CCC(CC(=O)N2CCN([C@@H]3c4ccc(Cl)cc4CCc4cc(Br)cnc43)CC2C(=O)NCCCn2ccnc2)CC1. The van der Waals surface area contributed by atoms with Crippen LogP contribution in [0, 0.1) is 5.92 Å². The van der Waals surface area contributed by atoms with Gasteiger partial charge in [0, 0.05) is 80.3 Å². The van der Waals surface area contributed by atoms with E-state index in [1.165, 1.54) is 5.56 Å². The smallest absolute Gasteiger partial charge is 0.314 e. The lowest BCUT2D eigenvalue weighted by Gasteiger charge is -2.44. The van der Waals surface area contributed by atoms with Gasteiger partial charge < -0.3 is 25.4 Å². The molecule has 2 saturated heterocycles. The van der Waals surface area contributed by atoms with Crippen LogP contribution < -0.4 is 11.1 Å². The number of piperidine rings is 1. The Morgan fingerprint density at radius 3 is 2.63 bits per heavy atom. The van der Waals surface area contributed by atoms with Crippen molar-refractivity contribution < 1.29 is 14.4 Å². The molecular formula is C33H40BrClN8O3. The van der Waals surface area contributed by atoms with Crippen LogP contribution in [0.25, 0.3) is 0 Å². The van der Waals surface area contributed by atoms with E-state index < -0.39 is 12.1 Å². The Kier molecular flexibility index (Phi) is 10.2. The fourth-order valence-electron chi connectivity index (χ4n) is 7.08. The molecule has 13 heteroatoms. The molecule has 3 aromatic rings. The maximum Gasteiger partial charge on any atom is 0.314 e. The minimum atomic E-state index is -0.655. The topological polar surface area (TPSA) is 130 Å². The van der Waals surface area contributed by atoms with E-state index in [2.05, 4.69) is 43.3 Å². The number of nitrogens with two attached hydrogens (primary N) is 1. The van der Waals surface area contributed by atoms with Crippen molar-refractivity contribution in [2.24, 2.45) is 11.7 Å². The molecule has 3 N–H and O–H groups in total. The number of piperazine rings is 1. The number of primary amides is 1. The summed E-state index contributed by atoms with van der Waals surface area (Å²) >= 11 is 10.1. The lowest BCUT2D eigenvalue weighted by atomic mass is 9.92. The molecule has 1 aliphatic carbocycles. The molecule has 1 unspecified atom stereocenters. The van der Waals surface area contributed by atoms with Gasteiger partial charge in [-0.25, -0.2) is 9.78 Å². The summed E-state index contributed by atoms with van der Waals surface area (Å²) in [5.74, 6) is -0.0274. The summed E-state index contributed by atoms with van der Waals surface area (Å²) in [4.78, 5) is 54.1. The molecule has 0 radical (unpaired) electrons. The number of aryl methyl sites for hydroxylation is 3. The Balaban J connectivity index is 1.23. The zero-order chi connectivity index (χ0) is 32.2. The van der Waals surface area contributed by atoms with Crippen molar-refractivity contribution in [2.75, 3.05) is 39.3 Å². The van der Waals surface area contributed by atoms with Gasteiger partial charge in [-0.3, -0.25) is 19.5 Å². The molecule has 0 bridgehead atoms. The molecule has 2 aromatic heterocycles. The summed E-state index contributed by atoms with van der Waals surface area (Å²) < 4.78 is 2.91. The number of nitrogens with zero attached hydrogens (tertiary/aromatic N) is 6. The number of carbonyl (C=O) groups excluding carboxylic acids is 3. The number of hydrogen-bond donors (Lipinski definition) is 2. The zero-order valence-corrected chi connectivity index (χ0v) is 28.1. The van der Waals surface area contributed by atoms with E-state index in [9.17, 15) is 14.4 Å². The number of benzene rings is 1. The average Bonchev–Trinajstić information content (AvgIpc) is 3.52. The van der Waals surface area contributed by atoms with Gasteiger partial charge in [-0.1, -0.05) is 17.7 Å². The lowest BCUT2D eigenvalue weighted by Crippen LogP contribution is -2.61. The van der Waals surface area contributed by atoms with E-state index >= 15 is 0 Å². The number of pyridine rings is 1. The third-order valence-electron chi connectivity index (χ3n) is 9.53. The van der Waals surface area contributed by atoms with Crippen molar-refractivity contribution >= 4 is 45.4 Å². The van der Waals surface area contributed by atoms with Crippen molar-refractivity contribution in [2.45, 2.75) is 57.2 Å². The summed E-state index contributed by atoms with van der Waals surface area (Å²) in [5.41, 5.74) is 9.91. The second-order valence-electron chi connectivity index (χ2n) is 12.5. The van der Waals surface area contributed by atoms with Gasteiger partial charge >= 0.3 is 6.03 Å². The Hall–Kier alpha value is -3.48. The van der Waals surface area contributed by atoms with Gasteiger partial charge in [0.25, 0.3) is 0 Å². The second-order valence-corrected chi connectivity index (χ2v) is 13.8. The number of hydrogen-bond acceptors (Lipinski definition) is 6. The normalized spacial score (nSPS) is 20.5. The molecule has 3 aliphatic rings. The highest BCUT2D eigenvalue weighted by Crippen LogP contribution is 2.38. The number of amides is 4. The number of aromatic nitrogens is 3. The highest BCUT2D eigenvalue weighted by molar-refractivity contribution is 9.10. The molecule has 1 aromatic carbocycles. The van der Waals surface area contributed by atoms with Crippen LogP contribution in [0.2, 0.25) is 5.02 Å². The number of urea groups is 1. The van der Waals surface area contributed by atoms with Gasteiger partial charge in [-0.15, -0.1) is 0 Å². The monoisotopic (exact) mass is 710 g/mol. The molecular weight excluding hydrogens is 672 g/mol. The van der Waals surface area contributed by atoms with Crippen LogP contribution in [0.4, 0.5) is 4.79 Å². The summed E-state index contributed by atoms with van der Waals surface area (Å²) in [6.07, 6.45) is 11.4. The highest BCUT2D eigenvalue weighted by Gasteiger charge is 2.40. The third kappa shape index (κ3) is 7.39. The molecule has 4 heterocycles. The quantitative estimate of drug-likeness (QED) is 0.343. The summed E-state index contributed by atoms with van der Waals surface area (Å²) in [6.45, 7) is 3.74.